The highest BCUT2D eigenvalue weighted by Gasteiger charge is 2.23. The molecule has 0 saturated carbocycles. The van der Waals surface area contributed by atoms with Crippen LogP contribution in [0.2, 0.25) is 5.02 Å². The van der Waals surface area contributed by atoms with Crippen LogP contribution in [0.5, 0.6) is 5.88 Å². The molecule has 0 aliphatic rings. The van der Waals surface area contributed by atoms with Gasteiger partial charge in [-0.25, -0.2) is 9.18 Å². The Morgan fingerprint density at radius 1 is 1.32 bits per heavy atom. The van der Waals surface area contributed by atoms with Gasteiger partial charge in [0.1, 0.15) is 17.0 Å². The predicted molar refractivity (Wildman–Crippen MR) is 115 cm³/mol. The van der Waals surface area contributed by atoms with Gasteiger partial charge in [-0.05, 0) is 29.7 Å². The summed E-state index contributed by atoms with van der Waals surface area (Å²) in [5.41, 5.74) is 0.271. The molecule has 1 aromatic carbocycles. The number of carboxylic acids is 1. The first-order valence-corrected chi connectivity index (χ1v) is 9.96. The van der Waals surface area contributed by atoms with E-state index in [1.807, 2.05) is 13.8 Å². The number of hydrogen-bond acceptors (Lipinski definition) is 5. The van der Waals surface area contributed by atoms with Crippen LogP contribution < -0.4 is 10.2 Å². The van der Waals surface area contributed by atoms with E-state index in [1.54, 1.807) is 6.07 Å². The van der Waals surface area contributed by atoms with E-state index in [1.165, 1.54) is 36.1 Å². The fraction of sp³-hybridized carbons (Fsp3) is 0.318. The number of ether oxygens (including phenoxy) is 1. The second kappa shape index (κ2) is 9.03. The van der Waals surface area contributed by atoms with Crippen molar-refractivity contribution in [1.82, 2.24) is 9.55 Å². The zero-order valence-electron chi connectivity index (χ0n) is 17.2. The fourth-order valence-electron chi connectivity index (χ4n) is 3.49. The fourth-order valence-corrected chi connectivity index (χ4v) is 3.70. The predicted octanol–water partition coefficient (Wildman–Crippen LogP) is 3.68. The number of rotatable bonds is 7. The average Bonchev–Trinajstić information content (AvgIpc) is 2.72. The number of carbonyl (C=O) groups is 1. The Hall–Kier alpha value is -2.97. The minimum Gasteiger partial charge on any atom is -0.481 e. The molecule has 9 heteroatoms. The third kappa shape index (κ3) is 4.40. The second-order valence-electron chi connectivity index (χ2n) is 7.53. The van der Waals surface area contributed by atoms with Gasteiger partial charge in [0.25, 0.3) is 0 Å². The van der Waals surface area contributed by atoms with Crippen molar-refractivity contribution in [2.45, 2.75) is 26.3 Å². The van der Waals surface area contributed by atoms with Gasteiger partial charge >= 0.3 is 5.97 Å². The van der Waals surface area contributed by atoms with Gasteiger partial charge in [-0.3, -0.25) is 4.79 Å². The first-order chi connectivity index (χ1) is 14.7. The summed E-state index contributed by atoms with van der Waals surface area (Å²) in [6, 6.07) is 5.28. The largest absolute Gasteiger partial charge is 0.481 e. The van der Waals surface area contributed by atoms with Crippen molar-refractivity contribution in [3.63, 3.8) is 0 Å². The van der Waals surface area contributed by atoms with Crippen molar-refractivity contribution < 1.29 is 24.1 Å². The lowest BCUT2D eigenvalue weighted by Crippen LogP contribution is -2.26. The molecular weight excluding hydrogens is 427 g/mol. The molecule has 3 aromatic rings. The van der Waals surface area contributed by atoms with E-state index in [9.17, 15) is 24.2 Å². The van der Waals surface area contributed by atoms with Gasteiger partial charge < -0.3 is 19.5 Å². The summed E-state index contributed by atoms with van der Waals surface area (Å²) in [5.74, 6) is -1.76. The van der Waals surface area contributed by atoms with Crippen LogP contribution in [0.4, 0.5) is 4.39 Å². The number of aromatic nitrogens is 2. The molecular formula is C22H22ClFN2O5. The number of nitrogens with zero attached hydrogens (tertiary/aromatic N) is 2. The normalized spacial score (nSPS) is 12.4. The van der Waals surface area contributed by atoms with Crippen molar-refractivity contribution >= 4 is 28.6 Å². The molecule has 3 rings (SSSR count). The number of halogens is 2. The maximum atomic E-state index is 13.5. The highest BCUT2D eigenvalue weighted by atomic mass is 35.5. The Labute approximate surface area is 182 Å². The highest BCUT2D eigenvalue weighted by Crippen LogP contribution is 2.28. The molecule has 0 bridgehead atoms. The number of aromatic carboxylic acids is 1. The number of pyridine rings is 2. The molecule has 0 radical (unpaired) electrons. The quantitative estimate of drug-likeness (QED) is 0.571. The smallest absolute Gasteiger partial charge is 0.341 e. The standard InChI is InChI=1S/C22H22ClFN2O5/c1-11(2)18(10-27)26-9-15(22(29)30)19(28)14-8-13(21(31-3)25-20(14)26)6-12-4-5-17(24)16(23)7-12/h4-5,7-9,11,18,27H,6,10H2,1-3H3,(H,29,30)/t18-/m1/s1. The van der Waals surface area contributed by atoms with Gasteiger partial charge in [0.05, 0.1) is 30.2 Å². The van der Waals surface area contributed by atoms with Crippen molar-refractivity contribution in [2.75, 3.05) is 13.7 Å². The van der Waals surface area contributed by atoms with Crippen LogP contribution in [0.25, 0.3) is 11.0 Å². The molecule has 1 atom stereocenters. The number of benzene rings is 1. The Morgan fingerprint density at radius 2 is 2.03 bits per heavy atom. The number of carboxylic acid groups (broad SMARTS) is 1. The maximum Gasteiger partial charge on any atom is 0.341 e. The Bertz CT molecular complexity index is 1210. The van der Waals surface area contributed by atoms with Gasteiger partial charge in [0, 0.05) is 18.2 Å². The topological polar surface area (TPSA) is 102 Å². The van der Waals surface area contributed by atoms with Crippen molar-refractivity contribution in [1.29, 1.82) is 0 Å². The van der Waals surface area contributed by atoms with E-state index in [-0.39, 0.29) is 40.9 Å². The maximum absolute atomic E-state index is 13.5. The van der Waals surface area contributed by atoms with Gasteiger partial charge in [-0.15, -0.1) is 0 Å². The molecule has 0 spiro atoms. The van der Waals surface area contributed by atoms with Crippen LogP contribution >= 0.6 is 11.6 Å². The van der Waals surface area contributed by atoms with E-state index in [4.69, 9.17) is 16.3 Å². The number of fused-ring (bicyclic) bond motifs is 1. The lowest BCUT2D eigenvalue weighted by Gasteiger charge is -2.24. The summed E-state index contributed by atoms with van der Waals surface area (Å²) >= 11 is 5.87. The first kappa shape index (κ1) is 22.7. The Balaban J connectivity index is 2.29. The monoisotopic (exact) mass is 448 g/mol. The first-order valence-electron chi connectivity index (χ1n) is 9.58. The van der Waals surface area contributed by atoms with Crippen LogP contribution in [0.1, 0.15) is 41.4 Å². The minimum atomic E-state index is -1.37. The third-order valence-corrected chi connectivity index (χ3v) is 5.45. The van der Waals surface area contributed by atoms with Crippen LogP contribution in [0, 0.1) is 11.7 Å². The van der Waals surface area contributed by atoms with Gasteiger partial charge in [0.15, 0.2) is 0 Å². The highest BCUT2D eigenvalue weighted by molar-refractivity contribution is 6.30. The molecule has 0 aliphatic carbocycles. The molecule has 0 unspecified atom stereocenters. The summed E-state index contributed by atoms with van der Waals surface area (Å²) in [7, 11) is 1.43. The van der Waals surface area contributed by atoms with Crippen LogP contribution in [0.15, 0.2) is 35.3 Å². The number of methoxy groups -OCH3 is 1. The van der Waals surface area contributed by atoms with E-state index in [0.717, 1.165) is 0 Å². The molecule has 0 aliphatic heterocycles. The van der Waals surface area contributed by atoms with Crippen LogP contribution in [-0.2, 0) is 6.42 Å². The number of hydrogen-bond donors (Lipinski definition) is 2. The summed E-state index contributed by atoms with van der Waals surface area (Å²) < 4.78 is 20.4. The molecule has 2 heterocycles. The minimum absolute atomic E-state index is 0.0385. The zero-order valence-corrected chi connectivity index (χ0v) is 18.0. The third-order valence-electron chi connectivity index (χ3n) is 5.16. The van der Waals surface area contributed by atoms with Gasteiger partial charge in [-0.1, -0.05) is 31.5 Å². The van der Waals surface area contributed by atoms with Gasteiger partial charge in [-0.2, -0.15) is 4.98 Å². The van der Waals surface area contributed by atoms with Crippen LogP contribution in [0.3, 0.4) is 0 Å². The summed E-state index contributed by atoms with van der Waals surface area (Å²) in [6.45, 7) is 3.47. The SMILES string of the molecule is COc1nc2c(cc1Cc1ccc(F)c(Cl)c1)c(=O)c(C(=O)O)cn2[C@H](CO)C(C)C. The molecule has 2 N–H and O–H groups in total. The Morgan fingerprint density at radius 3 is 2.58 bits per heavy atom. The van der Waals surface area contributed by atoms with E-state index < -0.39 is 28.8 Å². The summed E-state index contributed by atoms with van der Waals surface area (Å²) in [4.78, 5) is 29.1. The second-order valence-corrected chi connectivity index (χ2v) is 7.94. The molecule has 164 valence electrons. The summed E-state index contributed by atoms with van der Waals surface area (Å²) in [6.07, 6.45) is 1.44. The van der Waals surface area contributed by atoms with E-state index >= 15 is 0 Å². The number of aliphatic hydroxyl groups is 1. The van der Waals surface area contributed by atoms with Crippen molar-refractivity contribution in [3.8, 4) is 5.88 Å². The van der Waals surface area contributed by atoms with Gasteiger partial charge in [0.2, 0.25) is 11.3 Å². The molecule has 31 heavy (non-hydrogen) atoms. The average molecular weight is 449 g/mol. The molecule has 0 fully saturated rings. The van der Waals surface area contributed by atoms with E-state index in [0.29, 0.717) is 11.1 Å². The van der Waals surface area contributed by atoms with Crippen molar-refractivity contribution in [3.05, 3.63) is 68.2 Å². The molecule has 0 saturated heterocycles. The molecule has 2 aromatic heterocycles. The number of aliphatic hydroxyl groups excluding tert-OH is 1. The summed E-state index contributed by atoms with van der Waals surface area (Å²) in [5, 5.41) is 19.5. The Kier molecular flexibility index (Phi) is 6.62. The van der Waals surface area contributed by atoms with Crippen LogP contribution in [-0.4, -0.2) is 39.5 Å². The zero-order chi connectivity index (χ0) is 22.9. The van der Waals surface area contributed by atoms with Crippen molar-refractivity contribution in [2.24, 2.45) is 5.92 Å². The molecule has 0 amide bonds. The van der Waals surface area contributed by atoms with E-state index in [2.05, 4.69) is 4.98 Å². The lowest BCUT2D eigenvalue weighted by atomic mass is 10.0. The molecule has 7 nitrogen and oxygen atoms in total. The lowest BCUT2D eigenvalue weighted by molar-refractivity contribution is 0.0694.